The highest BCUT2D eigenvalue weighted by atomic mass is 16.4. The van der Waals surface area contributed by atoms with Crippen molar-refractivity contribution in [2.45, 2.75) is 45.2 Å². The van der Waals surface area contributed by atoms with Gasteiger partial charge in [0, 0.05) is 19.1 Å². The minimum Gasteiger partial charge on any atom is -0.480 e. The van der Waals surface area contributed by atoms with E-state index in [4.69, 9.17) is 0 Å². The van der Waals surface area contributed by atoms with E-state index >= 15 is 0 Å². The first-order valence-corrected chi connectivity index (χ1v) is 7.18. The van der Waals surface area contributed by atoms with Crippen LogP contribution < -0.4 is 5.32 Å². The van der Waals surface area contributed by atoms with Crippen LogP contribution in [0.5, 0.6) is 0 Å². The highest BCUT2D eigenvalue weighted by molar-refractivity contribution is 5.86. The number of hydrogen-bond donors (Lipinski definition) is 2. The number of carboxylic acid groups (broad SMARTS) is 1. The molecule has 6 heteroatoms. The van der Waals surface area contributed by atoms with Crippen LogP contribution in [-0.4, -0.2) is 65.7 Å². The minimum absolute atomic E-state index is 0.278. The molecule has 1 aliphatic rings. The normalized spacial score (nSPS) is 25.6. The Labute approximate surface area is 121 Å². The molecule has 0 aromatic rings. The summed E-state index contributed by atoms with van der Waals surface area (Å²) in [5.41, 5.74) is -1.19. The summed E-state index contributed by atoms with van der Waals surface area (Å²) in [4.78, 5) is 27.5. The fourth-order valence-corrected chi connectivity index (χ4v) is 2.83. The average molecular weight is 285 g/mol. The monoisotopic (exact) mass is 285 g/mol. The van der Waals surface area contributed by atoms with Crippen LogP contribution in [0.25, 0.3) is 0 Å². The van der Waals surface area contributed by atoms with E-state index in [2.05, 4.69) is 17.1 Å². The smallest absolute Gasteiger partial charge is 0.329 e. The Kier molecular flexibility index (Phi) is 5.39. The molecule has 3 unspecified atom stereocenters. The number of hydrogen-bond acceptors (Lipinski definition) is 3. The maximum atomic E-state index is 12.3. The third-order valence-corrected chi connectivity index (χ3v) is 4.13. The SMILES string of the molecule is CCCC(C)(NC(=O)N1CC(C)C(N(C)C)C1)C(=O)O. The standard InChI is InChI=1S/C14H27N3O3/c1-6-7-14(3,12(18)19)15-13(20)17-8-10(2)11(9-17)16(4)5/h10-11H,6-9H2,1-5H3,(H,15,20)(H,18,19). The number of likely N-dealkylation sites (tertiary alicyclic amines) is 1. The Bertz CT molecular complexity index is 373. The van der Waals surface area contributed by atoms with Gasteiger partial charge in [0.1, 0.15) is 5.54 Å². The molecule has 2 amide bonds. The molecule has 1 fully saturated rings. The lowest BCUT2D eigenvalue weighted by Crippen LogP contribution is -2.56. The second-order valence-corrected chi connectivity index (χ2v) is 6.23. The zero-order valence-electron chi connectivity index (χ0n) is 13.1. The van der Waals surface area contributed by atoms with E-state index in [9.17, 15) is 14.7 Å². The van der Waals surface area contributed by atoms with Crippen molar-refractivity contribution in [3.63, 3.8) is 0 Å². The van der Waals surface area contributed by atoms with E-state index in [0.717, 1.165) is 0 Å². The van der Waals surface area contributed by atoms with Crippen molar-refractivity contribution in [1.82, 2.24) is 15.1 Å². The lowest BCUT2D eigenvalue weighted by molar-refractivity contribution is -0.144. The van der Waals surface area contributed by atoms with E-state index in [1.165, 1.54) is 0 Å². The predicted molar refractivity (Wildman–Crippen MR) is 77.7 cm³/mol. The van der Waals surface area contributed by atoms with Gasteiger partial charge in [0.2, 0.25) is 0 Å². The molecule has 0 saturated carbocycles. The lowest BCUT2D eigenvalue weighted by Gasteiger charge is -2.29. The average Bonchev–Trinajstić information content (AvgIpc) is 2.71. The quantitative estimate of drug-likeness (QED) is 0.796. The van der Waals surface area contributed by atoms with E-state index in [0.29, 0.717) is 37.9 Å². The summed E-state index contributed by atoms with van der Waals surface area (Å²) in [6.45, 7) is 6.89. The molecule has 2 N–H and O–H groups in total. The van der Waals surface area contributed by atoms with E-state index in [1.54, 1.807) is 11.8 Å². The first kappa shape index (κ1) is 16.8. The Morgan fingerprint density at radius 2 is 2.00 bits per heavy atom. The summed E-state index contributed by atoms with van der Waals surface area (Å²) < 4.78 is 0. The molecule has 0 aliphatic carbocycles. The highest BCUT2D eigenvalue weighted by Crippen LogP contribution is 2.21. The third-order valence-electron chi connectivity index (χ3n) is 4.13. The highest BCUT2D eigenvalue weighted by Gasteiger charge is 2.39. The van der Waals surface area contributed by atoms with Gasteiger partial charge in [-0.3, -0.25) is 0 Å². The van der Waals surface area contributed by atoms with Gasteiger partial charge in [-0.05, 0) is 33.4 Å². The number of nitrogens with zero attached hydrogens (tertiary/aromatic N) is 2. The van der Waals surface area contributed by atoms with Crippen molar-refractivity contribution in [1.29, 1.82) is 0 Å². The fourth-order valence-electron chi connectivity index (χ4n) is 2.83. The Morgan fingerprint density at radius 1 is 1.40 bits per heavy atom. The number of carboxylic acids is 1. The molecule has 0 radical (unpaired) electrons. The molecule has 116 valence electrons. The summed E-state index contributed by atoms with van der Waals surface area (Å²) in [5, 5.41) is 12.0. The van der Waals surface area contributed by atoms with Crippen molar-refractivity contribution >= 4 is 12.0 Å². The molecule has 1 heterocycles. The van der Waals surface area contributed by atoms with Gasteiger partial charge in [-0.2, -0.15) is 0 Å². The zero-order valence-corrected chi connectivity index (χ0v) is 13.1. The Balaban J connectivity index is 2.70. The molecule has 0 aromatic carbocycles. The van der Waals surface area contributed by atoms with Crippen molar-refractivity contribution < 1.29 is 14.7 Å². The fraction of sp³-hybridized carbons (Fsp3) is 0.857. The number of rotatable bonds is 5. The second kappa shape index (κ2) is 6.43. The number of carbonyl (C=O) groups is 2. The first-order chi connectivity index (χ1) is 9.21. The third kappa shape index (κ3) is 3.62. The molecule has 1 aliphatic heterocycles. The van der Waals surface area contributed by atoms with Crippen LogP contribution in [0.3, 0.4) is 0 Å². The van der Waals surface area contributed by atoms with Crippen LogP contribution in [0.4, 0.5) is 4.79 Å². The van der Waals surface area contributed by atoms with Gasteiger partial charge in [-0.25, -0.2) is 9.59 Å². The summed E-state index contributed by atoms with van der Waals surface area (Å²) in [6, 6.07) is 0.0440. The van der Waals surface area contributed by atoms with Gasteiger partial charge >= 0.3 is 12.0 Å². The molecule has 6 nitrogen and oxygen atoms in total. The summed E-state index contributed by atoms with van der Waals surface area (Å²) in [6.07, 6.45) is 1.13. The van der Waals surface area contributed by atoms with Crippen molar-refractivity contribution in [2.75, 3.05) is 27.2 Å². The minimum atomic E-state index is -1.19. The van der Waals surface area contributed by atoms with Crippen molar-refractivity contribution in [3.8, 4) is 0 Å². The topological polar surface area (TPSA) is 72.9 Å². The Hall–Kier alpha value is -1.30. The van der Waals surface area contributed by atoms with Crippen LogP contribution in [-0.2, 0) is 4.79 Å². The van der Waals surface area contributed by atoms with Crippen LogP contribution >= 0.6 is 0 Å². The summed E-state index contributed by atoms with van der Waals surface area (Å²) >= 11 is 0. The molecule has 1 saturated heterocycles. The van der Waals surface area contributed by atoms with Gasteiger partial charge in [-0.1, -0.05) is 20.3 Å². The van der Waals surface area contributed by atoms with Crippen molar-refractivity contribution in [2.24, 2.45) is 5.92 Å². The van der Waals surface area contributed by atoms with Gasteiger partial charge in [0.05, 0.1) is 0 Å². The maximum Gasteiger partial charge on any atom is 0.329 e. The van der Waals surface area contributed by atoms with E-state index in [1.807, 2.05) is 21.0 Å². The van der Waals surface area contributed by atoms with Gasteiger partial charge in [0.25, 0.3) is 0 Å². The number of aliphatic carboxylic acids is 1. The molecule has 3 atom stereocenters. The molecule has 0 spiro atoms. The predicted octanol–water partition coefficient (Wildman–Crippen LogP) is 1.22. The number of likely N-dealkylation sites (N-methyl/N-ethyl adjacent to an activating group) is 1. The second-order valence-electron chi connectivity index (χ2n) is 6.23. The molecule has 0 bridgehead atoms. The number of urea groups is 1. The van der Waals surface area contributed by atoms with Gasteiger partial charge in [-0.15, -0.1) is 0 Å². The zero-order chi connectivity index (χ0) is 15.5. The molecule has 20 heavy (non-hydrogen) atoms. The van der Waals surface area contributed by atoms with Crippen LogP contribution in [0.1, 0.15) is 33.6 Å². The lowest BCUT2D eigenvalue weighted by atomic mass is 9.96. The first-order valence-electron chi connectivity index (χ1n) is 7.18. The van der Waals surface area contributed by atoms with Crippen LogP contribution in [0.15, 0.2) is 0 Å². The maximum absolute atomic E-state index is 12.3. The summed E-state index contributed by atoms with van der Waals surface area (Å²) in [5.74, 6) is -0.595. The Morgan fingerprint density at radius 3 is 2.40 bits per heavy atom. The number of carbonyl (C=O) groups excluding carboxylic acids is 1. The molecule has 1 rings (SSSR count). The number of nitrogens with one attached hydrogen (secondary N) is 1. The summed E-state index contributed by atoms with van der Waals surface area (Å²) in [7, 11) is 4.00. The number of amides is 2. The van der Waals surface area contributed by atoms with Crippen LogP contribution in [0, 0.1) is 5.92 Å². The molecular formula is C14H27N3O3. The van der Waals surface area contributed by atoms with Gasteiger partial charge < -0.3 is 20.2 Å². The molecule has 0 aromatic heterocycles. The van der Waals surface area contributed by atoms with E-state index in [-0.39, 0.29) is 6.03 Å². The van der Waals surface area contributed by atoms with Crippen LogP contribution in [0.2, 0.25) is 0 Å². The van der Waals surface area contributed by atoms with Gasteiger partial charge in [0.15, 0.2) is 0 Å². The van der Waals surface area contributed by atoms with Crippen molar-refractivity contribution in [3.05, 3.63) is 0 Å². The van der Waals surface area contributed by atoms with E-state index < -0.39 is 11.5 Å². The largest absolute Gasteiger partial charge is 0.480 e. The molecular weight excluding hydrogens is 258 g/mol.